The SMILES string of the molecule is Nc1cc(N)nc(SCc2cc(Cl)ccc2Cl)n1. The molecule has 0 saturated heterocycles. The molecule has 2 rings (SSSR count). The van der Waals surface area contributed by atoms with Crippen LogP contribution in [0.25, 0.3) is 0 Å². The lowest BCUT2D eigenvalue weighted by atomic mass is 10.2. The summed E-state index contributed by atoms with van der Waals surface area (Å²) in [6.07, 6.45) is 0. The van der Waals surface area contributed by atoms with Crippen LogP contribution in [0.3, 0.4) is 0 Å². The lowest BCUT2D eigenvalue weighted by molar-refractivity contribution is 0.984. The quantitative estimate of drug-likeness (QED) is 0.672. The van der Waals surface area contributed by atoms with Gasteiger partial charge in [0.05, 0.1) is 0 Å². The van der Waals surface area contributed by atoms with E-state index in [1.165, 1.54) is 17.8 Å². The zero-order valence-electron chi connectivity index (χ0n) is 9.23. The van der Waals surface area contributed by atoms with Crippen molar-refractivity contribution >= 4 is 46.6 Å². The second kappa shape index (κ2) is 5.65. The molecule has 1 aromatic heterocycles. The Hall–Kier alpha value is -1.17. The van der Waals surface area contributed by atoms with Crippen LogP contribution in [0.1, 0.15) is 5.56 Å². The summed E-state index contributed by atoms with van der Waals surface area (Å²) >= 11 is 13.4. The number of halogens is 2. The maximum Gasteiger partial charge on any atom is 0.191 e. The van der Waals surface area contributed by atoms with Crippen molar-refractivity contribution in [3.05, 3.63) is 39.9 Å². The van der Waals surface area contributed by atoms with Crippen LogP contribution in [-0.4, -0.2) is 9.97 Å². The monoisotopic (exact) mass is 300 g/mol. The third-order valence-electron chi connectivity index (χ3n) is 2.11. The molecule has 0 bridgehead atoms. The Balaban J connectivity index is 2.13. The van der Waals surface area contributed by atoms with Crippen LogP contribution in [0.4, 0.5) is 11.6 Å². The molecule has 2 aromatic rings. The molecular weight excluding hydrogens is 291 g/mol. The van der Waals surface area contributed by atoms with Gasteiger partial charge in [-0.15, -0.1) is 0 Å². The second-order valence-corrected chi connectivity index (χ2v) is 5.31. The number of nitrogen functional groups attached to an aromatic ring is 2. The van der Waals surface area contributed by atoms with Gasteiger partial charge < -0.3 is 11.5 Å². The van der Waals surface area contributed by atoms with Crippen LogP contribution < -0.4 is 11.5 Å². The molecule has 7 heteroatoms. The fourth-order valence-corrected chi connectivity index (χ4v) is 2.64. The molecular formula is C11H10Cl2N4S. The molecule has 18 heavy (non-hydrogen) atoms. The number of aromatic nitrogens is 2. The van der Waals surface area contributed by atoms with Gasteiger partial charge in [0.25, 0.3) is 0 Å². The number of nitrogens with two attached hydrogens (primary N) is 2. The molecule has 4 nitrogen and oxygen atoms in total. The van der Waals surface area contributed by atoms with Gasteiger partial charge in [-0.1, -0.05) is 35.0 Å². The molecule has 0 amide bonds. The van der Waals surface area contributed by atoms with Gasteiger partial charge in [-0.05, 0) is 23.8 Å². The number of rotatable bonds is 3. The van der Waals surface area contributed by atoms with E-state index in [0.29, 0.717) is 32.6 Å². The number of anilines is 2. The van der Waals surface area contributed by atoms with Crippen molar-refractivity contribution in [3.8, 4) is 0 Å². The van der Waals surface area contributed by atoms with E-state index in [9.17, 15) is 0 Å². The first kappa shape index (κ1) is 13.3. The molecule has 0 aliphatic carbocycles. The Kier molecular flexibility index (Phi) is 4.16. The summed E-state index contributed by atoms with van der Waals surface area (Å²) in [7, 11) is 0. The van der Waals surface area contributed by atoms with Crippen LogP contribution >= 0.6 is 35.0 Å². The van der Waals surface area contributed by atoms with Gasteiger partial charge in [0.2, 0.25) is 0 Å². The van der Waals surface area contributed by atoms with Crippen molar-refractivity contribution in [2.75, 3.05) is 11.5 Å². The summed E-state index contributed by atoms with van der Waals surface area (Å²) in [6, 6.07) is 6.82. The Morgan fingerprint density at radius 1 is 1.06 bits per heavy atom. The third kappa shape index (κ3) is 3.41. The van der Waals surface area contributed by atoms with Gasteiger partial charge in [0.1, 0.15) is 11.6 Å². The summed E-state index contributed by atoms with van der Waals surface area (Å²) in [4.78, 5) is 8.15. The molecule has 0 aliphatic heterocycles. The molecule has 0 spiro atoms. The molecule has 0 saturated carbocycles. The van der Waals surface area contributed by atoms with Crippen molar-refractivity contribution < 1.29 is 0 Å². The molecule has 0 unspecified atom stereocenters. The highest BCUT2D eigenvalue weighted by Crippen LogP contribution is 2.27. The van der Waals surface area contributed by atoms with Crippen molar-refractivity contribution in [2.45, 2.75) is 10.9 Å². The highest BCUT2D eigenvalue weighted by Gasteiger charge is 2.05. The maximum atomic E-state index is 6.06. The molecule has 0 atom stereocenters. The number of nitrogens with zero attached hydrogens (tertiary/aromatic N) is 2. The lowest BCUT2D eigenvalue weighted by Crippen LogP contribution is -1.99. The minimum absolute atomic E-state index is 0.349. The minimum atomic E-state index is 0.349. The molecule has 0 aliphatic rings. The van der Waals surface area contributed by atoms with E-state index in [4.69, 9.17) is 34.7 Å². The summed E-state index contributed by atoms with van der Waals surface area (Å²) in [5.74, 6) is 1.30. The molecule has 0 fully saturated rings. The van der Waals surface area contributed by atoms with Gasteiger partial charge in [-0.3, -0.25) is 0 Å². The summed E-state index contributed by atoms with van der Waals surface area (Å²) < 4.78 is 0. The molecule has 4 N–H and O–H groups in total. The molecule has 0 radical (unpaired) electrons. The topological polar surface area (TPSA) is 77.8 Å². The van der Waals surface area contributed by atoms with Crippen LogP contribution in [-0.2, 0) is 5.75 Å². The Morgan fingerprint density at radius 2 is 1.72 bits per heavy atom. The van der Waals surface area contributed by atoms with Crippen molar-refractivity contribution in [1.82, 2.24) is 9.97 Å². The largest absolute Gasteiger partial charge is 0.383 e. The lowest BCUT2D eigenvalue weighted by Gasteiger charge is -2.05. The predicted molar refractivity (Wildman–Crippen MR) is 76.9 cm³/mol. The van der Waals surface area contributed by atoms with Crippen molar-refractivity contribution in [2.24, 2.45) is 0 Å². The average Bonchev–Trinajstić information content (AvgIpc) is 2.29. The average molecular weight is 301 g/mol. The normalized spacial score (nSPS) is 10.6. The Labute approximate surface area is 119 Å². The van der Waals surface area contributed by atoms with E-state index >= 15 is 0 Å². The van der Waals surface area contributed by atoms with Crippen molar-refractivity contribution in [3.63, 3.8) is 0 Å². The van der Waals surface area contributed by atoms with Crippen LogP contribution in [0.5, 0.6) is 0 Å². The van der Waals surface area contributed by atoms with E-state index in [1.807, 2.05) is 6.07 Å². The van der Waals surface area contributed by atoms with Gasteiger partial charge in [-0.2, -0.15) is 0 Å². The maximum absolute atomic E-state index is 6.06. The molecule has 94 valence electrons. The number of hydrogen-bond donors (Lipinski definition) is 2. The van der Waals surface area contributed by atoms with Gasteiger partial charge in [0.15, 0.2) is 5.16 Å². The molecule has 1 heterocycles. The van der Waals surface area contributed by atoms with Crippen LogP contribution in [0.2, 0.25) is 10.0 Å². The highest BCUT2D eigenvalue weighted by molar-refractivity contribution is 7.98. The van der Waals surface area contributed by atoms with Crippen LogP contribution in [0.15, 0.2) is 29.4 Å². The Bertz CT molecular complexity index is 557. The van der Waals surface area contributed by atoms with E-state index in [-0.39, 0.29) is 0 Å². The Morgan fingerprint density at radius 3 is 2.39 bits per heavy atom. The number of thioether (sulfide) groups is 1. The van der Waals surface area contributed by atoms with E-state index in [2.05, 4.69) is 9.97 Å². The van der Waals surface area contributed by atoms with Crippen molar-refractivity contribution in [1.29, 1.82) is 0 Å². The first-order chi connectivity index (χ1) is 8.54. The predicted octanol–water partition coefficient (Wildman–Crippen LogP) is 3.24. The number of hydrogen-bond acceptors (Lipinski definition) is 5. The van der Waals surface area contributed by atoms with Gasteiger partial charge in [0, 0.05) is 21.9 Å². The van der Waals surface area contributed by atoms with E-state index in [0.717, 1.165) is 5.56 Å². The minimum Gasteiger partial charge on any atom is -0.383 e. The smallest absolute Gasteiger partial charge is 0.191 e. The fraction of sp³-hybridized carbons (Fsp3) is 0.0909. The zero-order chi connectivity index (χ0) is 13.1. The molecule has 1 aromatic carbocycles. The first-order valence-electron chi connectivity index (χ1n) is 5.01. The van der Waals surface area contributed by atoms with Gasteiger partial charge >= 0.3 is 0 Å². The first-order valence-corrected chi connectivity index (χ1v) is 6.75. The number of benzene rings is 1. The fourth-order valence-electron chi connectivity index (χ4n) is 1.32. The standard InChI is InChI=1S/C11H10Cl2N4S/c12-7-1-2-8(13)6(3-7)5-18-11-16-9(14)4-10(15)17-11/h1-4H,5H2,(H4,14,15,16,17). The zero-order valence-corrected chi connectivity index (χ0v) is 11.6. The summed E-state index contributed by atoms with van der Waals surface area (Å²) in [5, 5.41) is 1.82. The second-order valence-electron chi connectivity index (χ2n) is 3.52. The van der Waals surface area contributed by atoms with E-state index in [1.54, 1.807) is 12.1 Å². The van der Waals surface area contributed by atoms with Gasteiger partial charge in [-0.25, -0.2) is 9.97 Å². The summed E-state index contributed by atoms with van der Waals surface area (Å²) in [5.41, 5.74) is 12.1. The highest BCUT2D eigenvalue weighted by atomic mass is 35.5. The third-order valence-corrected chi connectivity index (χ3v) is 3.61. The van der Waals surface area contributed by atoms with Crippen LogP contribution in [0, 0.1) is 0 Å². The summed E-state index contributed by atoms with van der Waals surface area (Å²) in [6.45, 7) is 0. The van der Waals surface area contributed by atoms with E-state index < -0.39 is 0 Å².